The Labute approximate surface area is 394 Å². The van der Waals surface area contributed by atoms with Gasteiger partial charge in [0, 0.05) is 6.42 Å². The first-order chi connectivity index (χ1) is 31.7. The molecule has 1 heterocycles. The highest BCUT2D eigenvalue weighted by Gasteiger charge is 2.47. The molecule has 0 amide bonds. The van der Waals surface area contributed by atoms with Crippen LogP contribution in [-0.2, 0) is 33.3 Å². The van der Waals surface area contributed by atoms with Crippen molar-refractivity contribution in [3.63, 3.8) is 0 Å². The third-order valence-corrected chi connectivity index (χ3v) is 11.7. The van der Waals surface area contributed by atoms with Crippen LogP contribution in [0.5, 0.6) is 0 Å². The van der Waals surface area contributed by atoms with E-state index in [1.807, 2.05) is 12.2 Å². The first kappa shape index (κ1) is 59.9. The number of rotatable bonds is 43. The van der Waals surface area contributed by atoms with E-state index in [9.17, 15) is 34.8 Å². The topological polar surface area (TPSA) is 169 Å². The number of hydrogen-bond acceptors (Lipinski definition) is 10. The van der Waals surface area contributed by atoms with E-state index in [0.717, 1.165) is 44.9 Å². The third kappa shape index (κ3) is 34.8. The Morgan fingerprint density at radius 2 is 0.892 bits per heavy atom. The maximum absolute atomic E-state index is 12.8. The van der Waals surface area contributed by atoms with Crippen molar-refractivity contribution in [1.82, 2.24) is 0 Å². The average molecular weight is 917 g/mol. The zero-order valence-corrected chi connectivity index (χ0v) is 40.7. The molecule has 1 rings (SSSR count). The quantitative estimate of drug-likeness (QED) is 0.0261. The van der Waals surface area contributed by atoms with E-state index in [4.69, 9.17) is 18.9 Å². The molecule has 1 fully saturated rings. The molecule has 1 aliphatic rings. The van der Waals surface area contributed by atoms with Gasteiger partial charge in [-0.2, -0.15) is 0 Å². The van der Waals surface area contributed by atoms with Crippen molar-refractivity contribution in [1.29, 1.82) is 0 Å². The molecule has 65 heavy (non-hydrogen) atoms. The van der Waals surface area contributed by atoms with Crippen LogP contribution in [0.1, 0.15) is 213 Å². The zero-order valence-electron chi connectivity index (χ0n) is 40.7. The molecule has 6 atom stereocenters. The van der Waals surface area contributed by atoms with Crippen LogP contribution >= 0.6 is 0 Å². The number of aliphatic hydroxyl groups is 3. The minimum absolute atomic E-state index is 0.00338. The van der Waals surface area contributed by atoms with Gasteiger partial charge in [0.05, 0.1) is 13.0 Å². The highest BCUT2D eigenvalue weighted by Crippen LogP contribution is 2.23. The molecule has 11 heteroatoms. The molecule has 0 aromatic carbocycles. The predicted molar refractivity (Wildman–Crippen MR) is 261 cm³/mol. The van der Waals surface area contributed by atoms with E-state index in [2.05, 4.69) is 56.4 Å². The van der Waals surface area contributed by atoms with Crippen molar-refractivity contribution < 1.29 is 53.8 Å². The van der Waals surface area contributed by atoms with Gasteiger partial charge in [-0.1, -0.05) is 222 Å². The Hall–Kier alpha value is -3.09. The Balaban J connectivity index is 2.30. The minimum atomic E-state index is -1.87. The van der Waals surface area contributed by atoms with Gasteiger partial charge in [0.2, 0.25) is 0 Å². The highest BCUT2D eigenvalue weighted by atomic mass is 16.7. The lowest BCUT2D eigenvalue weighted by Gasteiger charge is -2.38. The van der Waals surface area contributed by atoms with Crippen molar-refractivity contribution >= 4 is 17.9 Å². The molecule has 11 nitrogen and oxygen atoms in total. The summed E-state index contributed by atoms with van der Waals surface area (Å²) < 4.78 is 21.7. The number of esters is 2. The summed E-state index contributed by atoms with van der Waals surface area (Å²) in [4.78, 5) is 36.9. The maximum atomic E-state index is 12.8. The van der Waals surface area contributed by atoms with Gasteiger partial charge in [-0.25, -0.2) is 4.79 Å². The standard InChI is InChI=1S/C54H92O11/c1-3-5-7-9-11-13-15-17-19-20-21-22-23-24-25-26-27-29-31-33-35-37-39-41-43-48(56)64-46(45-63-54-51(59)49(57)50(58)52(65-54)53(60)61)44-62-47(55)42-40-38-36-34-32-30-28-18-16-14-12-10-8-6-4-2/h6,8,12,14,18,28,32,34,38,40,46,49-52,54,57-59H,3-5,7,9-11,13,15-17,19-27,29-31,33,35-37,39,41-45H2,1-2H3,(H,60,61)/b8-6-,14-12-,28-18-,34-32-,40-38-. The first-order valence-corrected chi connectivity index (χ1v) is 25.8. The van der Waals surface area contributed by atoms with Crippen LogP contribution in [0.2, 0.25) is 0 Å². The number of ether oxygens (including phenoxy) is 4. The Morgan fingerprint density at radius 1 is 0.492 bits per heavy atom. The van der Waals surface area contributed by atoms with E-state index in [1.54, 1.807) is 6.08 Å². The van der Waals surface area contributed by atoms with Crippen LogP contribution in [-0.4, -0.2) is 88.4 Å². The second-order valence-corrected chi connectivity index (χ2v) is 17.7. The summed E-state index contributed by atoms with van der Waals surface area (Å²) in [5.41, 5.74) is 0. The van der Waals surface area contributed by atoms with E-state index in [1.165, 1.54) is 128 Å². The molecule has 0 aromatic heterocycles. The van der Waals surface area contributed by atoms with E-state index >= 15 is 0 Å². The van der Waals surface area contributed by atoms with Crippen molar-refractivity contribution in [2.45, 2.75) is 250 Å². The van der Waals surface area contributed by atoms with Crippen molar-refractivity contribution in [3.05, 3.63) is 60.8 Å². The SMILES string of the molecule is CC/C=C\C/C=C\C/C=C\C/C=C\C/C=C\CC(=O)OCC(COC1OC(C(=O)O)C(O)C(O)C1O)OC(=O)CCCCCCCCCCCCCCCCCCCCCCCCCC. The second kappa shape index (κ2) is 43.5. The lowest BCUT2D eigenvalue weighted by molar-refractivity contribution is -0.298. The van der Waals surface area contributed by atoms with Crippen LogP contribution in [0.3, 0.4) is 0 Å². The fourth-order valence-corrected chi connectivity index (χ4v) is 7.66. The summed E-state index contributed by atoms with van der Waals surface area (Å²) in [6.07, 6.45) is 46.0. The average Bonchev–Trinajstić information content (AvgIpc) is 3.29. The molecule has 6 unspecified atom stereocenters. The summed E-state index contributed by atoms with van der Waals surface area (Å²) in [6.45, 7) is 3.64. The molecular formula is C54H92O11. The molecule has 0 radical (unpaired) electrons. The van der Waals surface area contributed by atoms with Crippen LogP contribution in [0, 0.1) is 0 Å². The first-order valence-electron chi connectivity index (χ1n) is 25.8. The molecule has 1 aliphatic heterocycles. The van der Waals surface area contributed by atoms with Crippen molar-refractivity contribution in [3.8, 4) is 0 Å². The lowest BCUT2D eigenvalue weighted by atomic mass is 9.99. The van der Waals surface area contributed by atoms with Crippen LogP contribution in [0.15, 0.2) is 60.8 Å². The van der Waals surface area contributed by atoms with E-state index in [0.29, 0.717) is 12.8 Å². The van der Waals surface area contributed by atoms with Gasteiger partial charge in [0.1, 0.15) is 24.9 Å². The molecule has 1 saturated heterocycles. The molecule has 0 aromatic rings. The number of carboxylic acids is 1. The van der Waals surface area contributed by atoms with Gasteiger partial charge in [0.15, 0.2) is 18.5 Å². The maximum Gasteiger partial charge on any atom is 0.335 e. The molecule has 4 N–H and O–H groups in total. The summed E-state index contributed by atoms with van der Waals surface area (Å²) in [6, 6.07) is 0. The number of unbranched alkanes of at least 4 members (excludes halogenated alkanes) is 23. The number of carboxylic acid groups (broad SMARTS) is 1. The van der Waals surface area contributed by atoms with Gasteiger partial charge in [-0.15, -0.1) is 0 Å². The van der Waals surface area contributed by atoms with Crippen LogP contribution < -0.4 is 0 Å². The van der Waals surface area contributed by atoms with Gasteiger partial charge >= 0.3 is 17.9 Å². The summed E-state index contributed by atoms with van der Waals surface area (Å²) >= 11 is 0. The number of hydrogen-bond donors (Lipinski definition) is 4. The van der Waals surface area contributed by atoms with Crippen molar-refractivity contribution in [2.75, 3.05) is 13.2 Å². The smallest absolute Gasteiger partial charge is 0.335 e. The number of allylic oxidation sites excluding steroid dienone is 9. The van der Waals surface area contributed by atoms with Crippen LogP contribution in [0.25, 0.3) is 0 Å². The number of carbonyl (C=O) groups is 3. The molecule has 374 valence electrons. The molecule has 0 spiro atoms. The summed E-state index contributed by atoms with van der Waals surface area (Å²) in [5, 5.41) is 39.9. The van der Waals surface area contributed by atoms with Gasteiger partial charge < -0.3 is 39.4 Å². The largest absolute Gasteiger partial charge is 0.479 e. The summed E-state index contributed by atoms with van der Waals surface area (Å²) in [5.74, 6) is -2.60. The summed E-state index contributed by atoms with van der Waals surface area (Å²) in [7, 11) is 0. The fraction of sp³-hybridized carbons (Fsp3) is 0.759. The lowest BCUT2D eigenvalue weighted by Crippen LogP contribution is -2.60. The van der Waals surface area contributed by atoms with Crippen LogP contribution in [0.4, 0.5) is 0 Å². The number of aliphatic carboxylic acids is 1. The van der Waals surface area contributed by atoms with Crippen molar-refractivity contribution in [2.24, 2.45) is 0 Å². The Kier molecular flexibility index (Phi) is 40.1. The monoisotopic (exact) mass is 917 g/mol. The number of carbonyl (C=O) groups excluding carboxylic acids is 2. The third-order valence-electron chi connectivity index (χ3n) is 11.7. The van der Waals surface area contributed by atoms with E-state index in [-0.39, 0.29) is 19.4 Å². The Morgan fingerprint density at radius 3 is 1.31 bits per heavy atom. The fourth-order valence-electron chi connectivity index (χ4n) is 7.66. The highest BCUT2D eigenvalue weighted by molar-refractivity contribution is 5.73. The van der Waals surface area contributed by atoms with Gasteiger partial charge in [-0.05, 0) is 38.5 Å². The predicted octanol–water partition coefficient (Wildman–Crippen LogP) is 12.3. The molecule has 0 bridgehead atoms. The molecule has 0 aliphatic carbocycles. The molecule has 0 saturated carbocycles. The molecular weight excluding hydrogens is 825 g/mol. The zero-order chi connectivity index (χ0) is 47.4. The Bertz CT molecular complexity index is 1310. The second-order valence-electron chi connectivity index (χ2n) is 17.7. The van der Waals surface area contributed by atoms with Gasteiger partial charge in [-0.3, -0.25) is 9.59 Å². The van der Waals surface area contributed by atoms with E-state index < -0.39 is 61.3 Å². The normalized spacial score (nSPS) is 19.7. The minimum Gasteiger partial charge on any atom is -0.479 e. The van der Waals surface area contributed by atoms with Gasteiger partial charge in [0.25, 0.3) is 0 Å². The number of aliphatic hydroxyl groups excluding tert-OH is 3.